The van der Waals surface area contributed by atoms with Crippen LogP contribution in [0.2, 0.25) is 0 Å². The molecule has 1 heterocycles. The first-order valence-corrected chi connectivity index (χ1v) is 5.66. The van der Waals surface area contributed by atoms with E-state index < -0.39 is 18.0 Å². The van der Waals surface area contributed by atoms with Crippen molar-refractivity contribution in [1.82, 2.24) is 15.6 Å². The van der Waals surface area contributed by atoms with E-state index >= 15 is 0 Å². The molecule has 0 aliphatic heterocycles. The summed E-state index contributed by atoms with van der Waals surface area (Å²) in [7, 11) is 0. The number of rotatable bonds is 5. The second-order valence-corrected chi connectivity index (χ2v) is 4.25. The van der Waals surface area contributed by atoms with E-state index in [0.717, 1.165) is 5.56 Å². The van der Waals surface area contributed by atoms with Crippen molar-refractivity contribution in [2.24, 2.45) is 5.92 Å². The van der Waals surface area contributed by atoms with Gasteiger partial charge in [-0.3, -0.25) is 4.98 Å². The van der Waals surface area contributed by atoms with Gasteiger partial charge in [-0.05, 0) is 17.5 Å². The van der Waals surface area contributed by atoms with Gasteiger partial charge in [0.1, 0.15) is 6.04 Å². The zero-order chi connectivity index (χ0) is 13.5. The fraction of sp³-hybridized carbons (Fsp3) is 0.417. The molecule has 0 aromatic carbocycles. The SMILES string of the molecule is CC(C)[C@H](NC(=O)NCc1cccnc1)C(=O)O. The third kappa shape index (κ3) is 4.40. The summed E-state index contributed by atoms with van der Waals surface area (Å²) in [5, 5.41) is 13.9. The summed E-state index contributed by atoms with van der Waals surface area (Å²) in [6.07, 6.45) is 3.28. The molecule has 0 bridgehead atoms. The standard InChI is InChI=1S/C12H17N3O3/c1-8(2)10(11(16)17)15-12(18)14-7-9-4-3-5-13-6-9/h3-6,8,10H,7H2,1-2H3,(H,16,17)(H2,14,15,18)/t10-/m0/s1. The van der Waals surface area contributed by atoms with E-state index in [0.29, 0.717) is 6.54 Å². The summed E-state index contributed by atoms with van der Waals surface area (Å²) in [5.41, 5.74) is 0.851. The van der Waals surface area contributed by atoms with E-state index in [-0.39, 0.29) is 5.92 Å². The van der Waals surface area contributed by atoms with Crippen LogP contribution in [0, 0.1) is 5.92 Å². The lowest BCUT2D eigenvalue weighted by atomic mass is 10.1. The van der Waals surface area contributed by atoms with Crippen molar-refractivity contribution in [2.75, 3.05) is 0 Å². The van der Waals surface area contributed by atoms with Gasteiger partial charge in [0.2, 0.25) is 0 Å². The molecule has 6 nitrogen and oxygen atoms in total. The Hall–Kier alpha value is -2.11. The highest BCUT2D eigenvalue weighted by molar-refractivity contribution is 5.82. The number of hydrogen-bond donors (Lipinski definition) is 3. The van der Waals surface area contributed by atoms with Crippen LogP contribution in [0.1, 0.15) is 19.4 Å². The number of hydrogen-bond acceptors (Lipinski definition) is 3. The zero-order valence-corrected chi connectivity index (χ0v) is 10.4. The monoisotopic (exact) mass is 251 g/mol. The molecule has 1 aromatic rings. The Bertz CT molecular complexity index is 406. The largest absolute Gasteiger partial charge is 0.480 e. The second-order valence-electron chi connectivity index (χ2n) is 4.25. The number of carboxylic acid groups (broad SMARTS) is 1. The Kier molecular flexibility index (Phi) is 5.10. The highest BCUT2D eigenvalue weighted by Crippen LogP contribution is 2.01. The first kappa shape index (κ1) is 14.0. The molecule has 1 atom stereocenters. The molecule has 0 saturated carbocycles. The number of nitrogens with one attached hydrogen (secondary N) is 2. The van der Waals surface area contributed by atoms with E-state index in [9.17, 15) is 9.59 Å². The van der Waals surface area contributed by atoms with Gasteiger partial charge in [-0.2, -0.15) is 0 Å². The molecule has 6 heteroatoms. The molecule has 0 fully saturated rings. The van der Waals surface area contributed by atoms with Crippen molar-refractivity contribution < 1.29 is 14.7 Å². The first-order chi connectivity index (χ1) is 8.50. The number of amides is 2. The lowest BCUT2D eigenvalue weighted by Gasteiger charge is -2.18. The van der Waals surface area contributed by atoms with Gasteiger partial charge in [0.15, 0.2) is 0 Å². The van der Waals surface area contributed by atoms with Gasteiger partial charge in [0.05, 0.1) is 0 Å². The van der Waals surface area contributed by atoms with E-state index in [1.807, 2.05) is 6.07 Å². The van der Waals surface area contributed by atoms with Gasteiger partial charge < -0.3 is 15.7 Å². The van der Waals surface area contributed by atoms with E-state index in [1.54, 1.807) is 32.3 Å². The summed E-state index contributed by atoms with van der Waals surface area (Å²) in [6.45, 7) is 3.78. The summed E-state index contributed by atoms with van der Waals surface area (Å²) in [5.74, 6) is -1.21. The maximum Gasteiger partial charge on any atom is 0.326 e. The number of aliphatic carboxylic acids is 1. The minimum atomic E-state index is -1.04. The second kappa shape index (κ2) is 6.58. The Morgan fingerprint density at radius 2 is 2.17 bits per heavy atom. The molecule has 0 radical (unpaired) electrons. The number of carbonyl (C=O) groups is 2. The van der Waals surface area contributed by atoms with Crippen molar-refractivity contribution >= 4 is 12.0 Å². The van der Waals surface area contributed by atoms with Crippen LogP contribution >= 0.6 is 0 Å². The van der Waals surface area contributed by atoms with Gasteiger partial charge in [-0.1, -0.05) is 19.9 Å². The maximum absolute atomic E-state index is 11.5. The van der Waals surface area contributed by atoms with Crippen LogP contribution in [-0.2, 0) is 11.3 Å². The van der Waals surface area contributed by atoms with Gasteiger partial charge >= 0.3 is 12.0 Å². The van der Waals surface area contributed by atoms with Gasteiger partial charge in [-0.25, -0.2) is 9.59 Å². The number of pyridine rings is 1. The molecule has 98 valence electrons. The molecule has 18 heavy (non-hydrogen) atoms. The predicted octanol–water partition coefficient (Wildman–Crippen LogP) is 0.990. The number of carbonyl (C=O) groups excluding carboxylic acids is 1. The van der Waals surface area contributed by atoms with Crippen LogP contribution in [0.3, 0.4) is 0 Å². The van der Waals surface area contributed by atoms with E-state index in [1.165, 1.54) is 0 Å². The molecule has 0 spiro atoms. The van der Waals surface area contributed by atoms with Crippen LogP contribution in [-0.4, -0.2) is 28.1 Å². The average Bonchev–Trinajstić information content (AvgIpc) is 2.34. The lowest BCUT2D eigenvalue weighted by molar-refractivity contribution is -0.140. The van der Waals surface area contributed by atoms with Crippen molar-refractivity contribution in [3.05, 3.63) is 30.1 Å². The third-order valence-corrected chi connectivity index (χ3v) is 2.40. The zero-order valence-electron chi connectivity index (χ0n) is 10.4. The highest BCUT2D eigenvalue weighted by atomic mass is 16.4. The fourth-order valence-electron chi connectivity index (χ4n) is 1.39. The molecule has 0 aliphatic rings. The normalized spacial score (nSPS) is 11.9. The lowest BCUT2D eigenvalue weighted by Crippen LogP contribution is -2.48. The summed E-state index contributed by atoms with van der Waals surface area (Å²) in [6, 6.07) is 2.20. The fourth-order valence-corrected chi connectivity index (χ4v) is 1.39. The average molecular weight is 251 g/mol. The van der Waals surface area contributed by atoms with Crippen LogP contribution < -0.4 is 10.6 Å². The molecule has 0 unspecified atom stereocenters. The van der Waals surface area contributed by atoms with Crippen molar-refractivity contribution in [1.29, 1.82) is 0 Å². The highest BCUT2D eigenvalue weighted by Gasteiger charge is 2.22. The molecule has 2 amide bonds. The Morgan fingerprint density at radius 3 is 2.67 bits per heavy atom. The van der Waals surface area contributed by atoms with E-state index in [2.05, 4.69) is 15.6 Å². The molecule has 1 rings (SSSR count). The van der Waals surface area contributed by atoms with Gasteiger partial charge in [0.25, 0.3) is 0 Å². The third-order valence-electron chi connectivity index (χ3n) is 2.40. The number of carboxylic acids is 1. The van der Waals surface area contributed by atoms with Crippen LogP contribution in [0.5, 0.6) is 0 Å². The minimum Gasteiger partial charge on any atom is -0.480 e. The summed E-state index contributed by atoms with van der Waals surface area (Å²) < 4.78 is 0. The van der Waals surface area contributed by atoms with Crippen molar-refractivity contribution in [2.45, 2.75) is 26.4 Å². The van der Waals surface area contributed by atoms with Gasteiger partial charge in [-0.15, -0.1) is 0 Å². The topological polar surface area (TPSA) is 91.3 Å². The van der Waals surface area contributed by atoms with Crippen molar-refractivity contribution in [3.8, 4) is 0 Å². The summed E-state index contributed by atoms with van der Waals surface area (Å²) >= 11 is 0. The minimum absolute atomic E-state index is 0.174. The predicted molar refractivity (Wildman–Crippen MR) is 65.9 cm³/mol. The van der Waals surface area contributed by atoms with Crippen LogP contribution in [0.25, 0.3) is 0 Å². The number of aromatic nitrogens is 1. The molecular formula is C12H17N3O3. The molecule has 3 N–H and O–H groups in total. The molecular weight excluding hydrogens is 234 g/mol. The maximum atomic E-state index is 11.5. The number of nitrogens with zero attached hydrogens (tertiary/aromatic N) is 1. The first-order valence-electron chi connectivity index (χ1n) is 5.66. The summed E-state index contributed by atoms with van der Waals surface area (Å²) in [4.78, 5) is 26.3. The van der Waals surface area contributed by atoms with Crippen molar-refractivity contribution in [3.63, 3.8) is 0 Å². The molecule has 0 saturated heterocycles. The van der Waals surface area contributed by atoms with Crippen LogP contribution in [0.4, 0.5) is 4.79 Å². The Labute approximate surface area is 105 Å². The number of urea groups is 1. The Morgan fingerprint density at radius 1 is 1.44 bits per heavy atom. The van der Waals surface area contributed by atoms with E-state index in [4.69, 9.17) is 5.11 Å². The van der Waals surface area contributed by atoms with Gasteiger partial charge in [0, 0.05) is 18.9 Å². The quantitative estimate of drug-likeness (QED) is 0.727. The molecule has 0 aliphatic carbocycles. The smallest absolute Gasteiger partial charge is 0.326 e. The Balaban J connectivity index is 2.44. The molecule has 1 aromatic heterocycles. The van der Waals surface area contributed by atoms with Crippen LogP contribution in [0.15, 0.2) is 24.5 Å².